The van der Waals surface area contributed by atoms with E-state index in [0.29, 0.717) is 5.76 Å². The first-order valence-electron chi connectivity index (χ1n) is 5.92. The molecule has 0 aliphatic rings. The summed E-state index contributed by atoms with van der Waals surface area (Å²) in [7, 11) is 0. The summed E-state index contributed by atoms with van der Waals surface area (Å²) in [4.78, 5) is 23.6. The van der Waals surface area contributed by atoms with Crippen LogP contribution < -0.4 is 5.32 Å². The Morgan fingerprint density at radius 3 is 2.85 bits per heavy atom. The molecule has 0 unspecified atom stereocenters. The lowest BCUT2D eigenvalue weighted by Crippen LogP contribution is -2.45. The summed E-state index contributed by atoms with van der Waals surface area (Å²) in [5.41, 5.74) is -0.725. The Balaban J connectivity index is 2.09. The minimum Gasteiger partial charge on any atom is -0.481 e. The highest BCUT2D eigenvalue weighted by Gasteiger charge is 2.26. The number of amides is 1. The van der Waals surface area contributed by atoms with Crippen molar-refractivity contribution in [1.29, 1.82) is 0 Å². The fourth-order valence-corrected chi connectivity index (χ4v) is 2.38. The summed E-state index contributed by atoms with van der Waals surface area (Å²) in [6.45, 7) is 3.28. The molecule has 7 heteroatoms. The molecule has 106 valence electrons. The van der Waals surface area contributed by atoms with E-state index in [9.17, 15) is 9.59 Å². The van der Waals surface area contributed by atoms with Crippen molar-refractivity contribution in [3.05, 3.63) is 29.3 Å². The highest BCUT2D eigenvalue weighted by Crippen LogP contribution is 2.25. The molecule has 0 aliphatic carbocycles. The summed E-state index contributed by atoms with van der Waals surface area (Å²) in [5.74, 6) is -0.918. The average molecular weight is 294 g/mol. The highest BCUT2D eigenvalue weighted by molar-refractivity contribution is 7.13. The Morgan fingerprint density at radius 1 is 1.50 bits per heavy atom. The topological polar surface area (TPSA) is 92.4 Å². The number of thiophene rings is 1. The molecular formula is C13H14N2O4S. The fraction of sp³-hybridized carbons (Fsp3) is 0.308. The van der Waals surface area contributed by atoms with E-state index in [1.54, 1.807) is 13.8 Å². The molecule has 0 spiro atoms. The van der Waals surface area contributed by atoms with Crippen molar-refractivity contribution < 1.29 is 19.2 Å². The molecule has 0 saturated heterocycles. The van der Waals surface area contributed by atoms with Crippen LogP contribution in [-0.4, -0.2) is 27.7 Å². The van der Waals surface area contributed by atoms with Gasteiger partial charge in [-0.15, -0.1) is 11.3 Å². The van der Waals surface area contributed by atoms with Gasteiger partial charge < -0.3 is 14.9 Å². The van der Waals surface area contributed by atoms with Crippen molar-refractivity contribution in [3.63, 3.8) is 0 Å². The number of carbonyl (C=O) groups is 2. The molecule has 2 aromatic rings. The predicted molar refractivity (Wildman–Crippen MR) is 73.6 cm³/mol. The zero-order valence-corrected chi connectivity index (χ0v) is 11.9. The van der Waals surface area contributed by atoms with Crippen LogP contribution in [0, 0.1) is 0 Å². The Bertz CT molecular complexity index is 616. The van der Waals surface area contributed by atoms with Crippen LogP contribution in [-0.2, 0) is 4.79 Å². The predicted octanol–water partition coefficient (Wildman–Crippen LogP) is 2.39. The lowest BCUT2D eigenvalue weighted by Gasteiger charge is -2.23. The van der Waals surface area contributed by atoms with Crippen LogP contribution in [0.1, 0.15) is 30.8 Å². The minimum absolute atomic E-state index is 0.131. The second-order valence-corrected chi connectivity index (χ2v) is 5.91. The molecule has 2 aromatic heterocycles. The molecule has 0 radical (unpaired) electrons. The Kier molecular flexibility index (Phi) is 3.89. The molecule has 0 saturated carbocycles. The smallest absolute Gasteiger partial charge is 0.305 e. The van der Waals surface area contributed by atoms with Crippen molar-refractivity contribution in [2.45, 2.75) is 25.8 Å². The van der Waals surface area contributed by atoms with Crippen molar-refractivity contribution in [2.75, 3.05) is 0 Å². The number of carboxylic acids is 1. The minimum atomic E-state index is -0.977. The van der Waals surface area contributed by atoms with Gasteiger partial charge in [0.1, 0.15) is 0 Å². The number of hydrogen-bond donors (Lipinski definition) is 2. The fourth-order valence-electron chi connectivity index (χ4n) is 1.71. The maximum absolute atomic E-state index is 12.0. The SMILES string of the molecule is CC(C)(CC(=O)O)NC(=O)c1cc(-c2cccs2)on1. The Morgan fingerprint density at radius 2 is 2.25 bits per heavy atom. The number of aromatic nitrogens is 1. The number of carbonyl (C=O) groups excluding carboxylic acids is 1. The number of aliphatic carboxylic acids is 1. The van der Waals surface area contributed by atoms with Gasteiger partial charge in [0.2, 0.25) is 0 Å². The number of nitrogens with zero attached hydrogens (tertiary/aromatic N) is 1. The van der Waals surface area contributed by atoms with E-state index in [2.05, 4.69) is 10.5 Å². The standard InChI is InChI=1S/C13H14N2O4S/c1-13(2,7-11(16)17)14-12(18)8-6-9(19-15-8)10-4-3-5-20-10/h3-6H,7H2,1-2H3,(H,14,18)(H,16,17). The first kappa shape index (κ1) is 14.3. The van der Waals surface area contributed by atoms with Gasteiger partial charge in [-0.2, -0.15) is 0 Å². The van der Waals surface area contributed by atoms with E-state index >= 15 is 0 Å². The van der Waals surface area contributed by atoms with E-state index in [0.717, 1.165) is 4.88 Å². The molecule has 20 heavy (non-hydrogen) atoms. The van der Waals surface area contributed by atoms with E-state index in [1.807, 2.05) is 17.5 Å². The first-order valence-corrected chi connectivity index (χ1v) is 6.80. The third-order valence-electron chi connectivity index (χ3n) is 2.55. The summed E-state index contributed by atoms with van der Waals surface area (Å²) in [6, 6.07) is 5.28. The van der Waals surface area contributed by atoms with Crippen LogP contribution in [0.25, 0.3) is 10.6 Å². The van der Waals surface area contributed by atoms with Crippen molar-refractivity contribution in [2.24, 2.45) is 0 Å². The molecule has 2 heterocycles. The Hall–Kier alpha value is -2.15. The van der Waals surface area contributed by atoms with E-state index in [-0.39, 0.29) is 12.1 Å². The lowest BCUT2D eigenvalue weighted by molar-refractivity contribution is -0.138. The summed E-state index contributed by atoms with van der Waals surface area (Å²) < 4.78 is 5.11. The average Bonchev–Trinajstić information content (AvgIpc) is 2.97. The summed E-state index contributed by atoms with van der Waals surface area (Å²) in [6.07, 6.45) is -0.172. The molecule has 2 rings (SSSR count). The molecule has 0 bridgehead atoms. The third kappa shape index (κ3) is 3.45. The molecule has 6 nitrogen and oxygen atoms in total. The van der Waals surface area contributed by atoms with E-state index in [1.165, 1.54) is 17.4 Å². The monoisotopic (exact) mass is 294 g/mol. The zero-order chi connectivity index (χ0) is 14.8. The third-order valence-corrected chi connectivity index (χ3v) is 3.44. The van der Waals surface area contributed by atoms with Crippen LogP contribution in [0.15, 0.2) is 28.1 Å². The van der Waals surface area contributed by atoms with E-state index < -0.39 is 17.4 Å². The van der Waals surface area contributed by atoms with Crippen molar-refractivity contribution in [1.82, 2.24) is 10.5 Å². The molecule has 0 atom stereocenters. The van der Waals surface area contributed by atoms with Gasteiger partial charge in [-0.25, -0.2) is 0 Å². The molecule has 1 amide bonds. The number of carboxylic acid groups (broad SMARTS) is 1. The van der Waals surface area contributed by atoms with Crippen LogP contribution in [0.5, 0.6) is 0 Å². The van der Waals surface area contributed by atoms with E-state index in [4.69, 9.17) is 9.63 Å². The van der Waals surface area contributed by atoms with Gasteiger partial charge in [0.05, 0.1) is 11.3 Å². The van der Waals surface area contributed by atoms with Gasteiger partial charge in [-0.3, -0.25) is 9.59 Å². The first-order chi connectivity index (χ1) is 9.37. The summed E-state index contributed by atoms with van der Waals surface area (Å²) >= 11 is 1.48. The maximum atomic E-state index is 12.0. The lowest BCUT2D eigenvalue weighted by atomic mass is 10.0. The van der Waals surface area contributed by atoms with Gasteiger partial charge in [0.15, 0.2) is 11.5 Å². The maximum Gasteiger partial charge on any atom is 0.305 e. The quantitative estimate of drug-likeness (QED) is 0.883. The highest BCUT2D eigenvalue weighted by atomic mass is 32.1. The zero-order valence-electron chi connectivity index (χ0n) is 11.0. The normalized spacial score (nSPS) is 11.3. The Labute approximate surface area is 119 Å². The van der Waals surface area contributed by atoms with Gasteiger partial charge in [0, 0.05) is 11.6 Å². The molecule has 0 fully saturated rings. The molecule has 0 aromatic carbocycles. The second kappa shape index (κ2) is 5.46. The van der Waals surface area contributed by atoms with Crippen molar-refractivity contribution in [3.8, 4) is 10.6 Å². The number of hydrogen-bond acceptors (Lipinski definition) is 5. The molecule has 0 aliphatic heterocycles. The van der Waals surface area contributed by atoms with Gasteiger partial charge in [-0.05, 0) is 25.3 Å². The van der Waals surface area contributed by atoms with Crippen LogP contribution in [0.4, 0.5) is 0 Å². The van der Waals surface area contributed by atoms with Crippen LogP contribution in [0.3, 0.4) is 0 Å². The summed E-state index contributed by atoms with van der Waals surface area (Å²) in [5, 5.41) is 17.0. The number of rotatable bonds is 5. The number of nitrogens with one attached hydrogen (secondary N) is 1. The van der Waals surface area contributed by atoms with Crippen LogP contribution in [0.2, 0.25) is 0 Å². The van der Waals surface area contributed by atoms with Gasteiger partial charge in [-0.1, -0.05) is 11.2 Å². The van der Waals surface area contributed by atoms with Crippen LogP contribution >= 0.6 is 11.3 Å². The van der Waals surface area contributed by atoms with Gasteiger partial charge in [0.25, 0.3) is 5.91 Å². The molecular weight excluding hydrogens is 280 g/mol. The van der Waals surface area contributed by atoms with Gasteiger partial charge >= 0.3 is 5.97 Å². The molecule has 2 N–H and O–H groups in total. The second-order valence-electron chi connectivity index (χ2n) is 4.96. The van der Waals surface area contributed by atoms with Crippen molar-refractivity contribution >= 4 is 23.2 Å². The largest absolute Gasteiger partial charge is 0.481 e.